The summed E-state index contributed by atoms with van der Waals surface area (Å²) in [6.45, 7) is 9.42. The monoisotopic (exact) mass is 152 g/mol. The Balaban J connectivity index is 3.04. The highest BCUT2D eigenvalue weighted by atomic mass is 24.5. The number of unbranched alkanes of at least 4 members (excludes halogenated alkanes) is 2. The first kappa shape index (κ1) is 10.8. The van der Waals surface area contributed by atoms with Gasteiger partial charge in [-0.25, -0.2) is 0 Å². The average molecular weight is 153 g/mol. The molecule has 0 unspecified atom stereocenters. The molecule has 0 N–H and O–H groups in total. The lowest BCUT2D eigenvalue weighted by molar-refractivity contribution is 0.721. The summed E-state index contributed by atoms with van der Waals surface area (Å²) in [6.07, 6.45) is 4.31. The highest BCUT2D eigenvalue weighted by Crippen LogP contribution is 2.22. The second-order valence-corrected chi connectivity index (χ2v) is 7.70. The van der Waals surface area contributed by atoms with Gasteiger partial charge in [-0.05, 0) is 0 Å². The van der Waals surface area contributed by atoms with Gasteiger partial charge in [-0.2, -0.15) is 0 Å². The van der Waals surface area contributed by atoms with Gasteiger partial charge in [0, 0.05) is 0 Å². The summed E-state index contributed by atoms with van der Waals surface area (Å²) in [4.78, 5) is 0. The number of hydrogen-bond donors (Lipinski definition) is 0. The van der Waals surface area contributed by atoms with Crippen molar-refractivity contribution in [1.82, 2.24) is 0 Å². The van der Waals surface area contributed by atoms with E-state index in [0.717, 1.165) is 0 Å². The molecule has 0 rings (SSSR count). The Hall–Kier alpha value is 0.766. The van der Waals surface area contributed by atoms with Crippen LogP contribution in [0.2, 0.25) is 8.09 Å². The molecule has 0 radical (unpaired) electrons. The topological polar surface area (TPSA) is 0 Å². The highest BCUT2D eigenvalue weighted by Gasteiger charge is 2.12. The van der Waals surface area contributed by atoms with E-state index in [4.69, 9.17) is 0 Å². The smallest absolute Gasteiger partial charge is 0.145 e. The van der Waals surface area contributed by atoms with E-state index >= 15 is 0 Å². The van der Waals surface area contributed by atoms with E-state index in [1.807, 2.05) is 0 Å². The van der Waals surface area contributed by atoms with E-state index in [1.165, 1.54) is 19.3 Å². The maximum atomic E-state index is 2.38. The third-order valence-electron chi connectivity index (χ3n) is 1.78. The molecule has 0 aromatic heterocycles. The van der Waals surface area contributed by atoms with Gasteiger partial charge in [0.25, 0.3) is 0 Å². The van der Waals surface area contributed by atoms with Crippen molar-refractivity contribution in [2.24, 2.45) is 0 Å². The Bertz CT molecular complexity index is 71.3. The van der Waals surface area contributed by atoms with Gasteiger partial charge in [-0.1, -0.05) is 47.0 Å². The van der Waals surface area contributed by atoms with Crippen molar-refractivity contribution in [1.29, 1.82) is 0 Å². The van der Waals surface area contributed by atoms with Gasteiger partial charge in [0.05, 0.1) is 0 Å². The zero-order valence-electron chi connectivity index (χ0n) is 8.04. The summed E-state index contributed by atoms with van der Waals surface area (Å²) < 4.78 is 2.24. The van der Waals surface area contributed by atoms with Crippen molar-refractivity contribution < 1.29 is 0 Å². The Morgan fingerprint density at radius 3 is 2.10 bits per heavy atom. The predicted molar refractivity (Wildman–Crippen MR) is 49.8 cm³/mol. The van der Waals surface area contributed by atoms with Crippen LogP contribution in [0.3, 0.4) is 0 Å². The van der Waals surface area contributed by atoms with Crippen molar-refractivity contribution in [3.05, 3.63) is 0 Å². The van der Waals surface area contributed by atoms with Crippen LogP contribution in [0, 0.1) is 0 Å². The average Bonchev–Trinajstić information content (AvgIpc) is 1.78. The second kappa shape index (κ2) is 5.42. The molecule has 0 heterocycles. The lowest BCUT2D eigenvalue weighted by Gasteiger charge is -2.15. The van der Waals surface area contributed by atoms with Gasteiger partial charge in [0.2, 0.25) is 0 Å². The van der Waals surface area contributed by atoms with Crippen LogP contribution in [0.25, 0.3) is 0 Å². The fraction of sp³-hybridized carbons (Fsp3) is 1.00. The van der Waals surface area contributed by atoms with Gasteiger partial charge in [-0.3, -0.25) is 0 Å². The third kappa shape index (κ3) is 8.77. The van der Waals surface area contributed by atoms with Gasteiger partial charge in [-0.15, -0.1) is 8.09 Å². The van der Waals surface area contributed by atoms with E-state index in [2.05, 4.69) is 27.7 Å². The van der Waals surface area contributed by atoms with Crippen LogP contribution in [0.15, 0.2) is 0 Å². The molecular formula is C9H20Mg. The number of hydrogen-bond acceptors (Lipinski definition) is 0. The molecule has 0 atom stereocenters. The molecule has 0 aromatic rings. The minimum atomic E-state index is 0.229. The van der Waals surface area contributed by atoms with E-state index < -0.39 is 0 Å². The van der Waals surface area contributed by atoms with E-state index in [-0.39, 0.29) is 20.4 Å². The second-order valence-electron chi connectivity index (χ2n) is 4.37. The van der Waals surface area contributed by atoms with Crippen LogP contribution >= 0.6 is 0 Å². The first-order chi connectivity index (χ1) is 4.56. The zero-order chi connectivity index (χ0) is 8.04. The zero-order valence-corrected chi connectivity index (χ0v) is 9.45. The molecule has 0 aliphatic carbocycles. The normalized spacial score (nSPS) is 11.2. The van der Waals surface area contributed by atoms with Crippen LogP contribution in [0.4, 0.5) is 0 Å². The lowest BCUT2D eigenvalue weighted by Crippen LogP contribution is -2.07. The van der Waals surface area contributed by atoms with Crippen molar-refractivity contribution in [2.75, 3.05) is 0 Å². The summed E-state index contributed by atoms with van der Waals surface area (Å²) >= 11 is 0.229. The van der Waals surface area contributed by atoms with Crippen molar-refractivity contribution in [2.45, 2.75) is 55.1 Å². The SMILES string of the molecule is CCCC[CH2][Mg][C](C)(C)C. The summed E-state index contributed by atoms with van der Waals surface area (Å²) in [6, 6.07) is 0. The molecule has 0 amide bonds. The molecule has 1 heteroatoms. The van der Waals surface area contributed by atoms with Crippen molar-refractivity contribution in [3.8, 4) is 0 Å². The van der Waals surface area contributed by atoms with Crippen molar-refractivity contribution >= 4 is 20.4 Å². The molecule has 0 aliphatic rings. The van der Waals surface area contributed by atoms with Gasteiger partial charge < -0.3 is 0 Å². The molecule has 0 saturated carbocycles. The molecule has 0 saturated heterocycles. The molecule has 0 aromatic carbocycles. The van der Waals surface area contributed by atoms with Crippen LogP contribution in [0.1, 0.15) is 47.0 Å². The van der Waals surface area contributed by atoms with Crippen molar-refractivity contribution in [3.63, 3.8) is 0 Å². The van der Waals surface area contributed by atoms with Gasteiger partial charge >= 0.3 is 20.4 Å². The standard InChI is InChI=1S/C5H11.C4H9.Mg/c1-3-5-4-2;1-4(2)3;/h1,3-5H2,2H3;1-3H3;. The maximum absolute atomic E-state index is 2.38. The minimum absolute atomic E-state index is 0.229. The Kier molecular flexibility index (Phi) is 5.84. The third-order valence-corrected chi connectivity index (χ3v) is 4.13. The Labute approximate surface area is 75.5 Å². The maximum Gasteiger partial charge on any atom is 0.372 e. The fourth-order valence-electron chi connectivity index (χ4n) is 1.08. The molecule has 58 valence electrons. The summed E-state index contributed by atoms with van der Waals surface area (Å²) in [5.41, 5.74) is 0. The first-order valence-corrected chi connectivity index (χ1v) is 6.27. The molecule has 0 nitrogen and oxygen atoms in total. The largest absolute Gasteiger partial charge is 0.372 e. The van der Waals surface area contributed by atoms with Gasteiger partial charge in [0.15, 0.2) is 0 Å². The van der Waals surface area contributed by atoms with Gasteiger partial charge in [0.1, 0.15) is 0 Å². The molecule has 10 heavy (non-hydrogen) atoms. The Morgan fingerprint density at radius 2 is 1.70 bits per heavy atom. The lowest BCUT2D eigenvalue weighted by atomic mass is 10.2. The van der Waals surface area contributed by atoms with Crippen LogP contribution < -0.4 is 0 Å². The Morgan fingerprint density at radius 1 is 1.10 bits per heavy atom. The number of rotatable bonds is 4. The first-order valence-electron chi connectivity index (χ1n) is 4.56. The predicted octanol–water partition coefficient (Wildman–Crippen LogP) is 3.52. The van der Waals surface area contributed by atoms with Crippen LogP contribution in [0.5, 0.6) is 0 Å². The van der Waals surface area contributed by atoms with E-state index in [0.29, 0.717) is 3.54 Å². The van der Waals surface area contributed by atoms with E-state index in [1.54, 1.807) is 4.55 Å². The molecule has 0 fully saturated rings. The molecular weight excluding hydrogens is 132 g/mol. The van der Waals surface area contributed by atoms with E-state index in [9.17, 15) is 0 Å². The molecule has 0 spiro atoms. The molecule has 0 bridgehead atoms. The quantitative estimate of drug-likeness (QED) is 0.427. The van der Waals surface area contributed by atoms with Crippen LogP contribution in [-0.2, 0) is 0 Å². The minimum Gasteiger partial charge on any atom is -0.145 e. The van der Waals surface area contributed by atoms with Crippen LogP contribution in [-0.4, -0.2) is 20.4 Å². The summed E-state index contributed by atoms with van der Waals surface area (Å²) in [5, 5.41) is 0. The summed E-state index contributed by atoms with van der Waals surface area (Å²) in [7, 11) is 0. The summed E-state index contributed by atoms with van der Waals surface area (Å²) in [5.74, 6) is 0. The highest BCUT2D eigenvalue weighted by molar-refractivity contribution is 6.39. The fourth-order valence-corrected chi connectivity index (χ4v) is 2.75. The molecule has 0 aliphatic heterocycles.